The van der Waals surface area contributed by atoms with Crippen molar-refractivity contribution in [2.24, 2.45) is 0 Å². The van der Waals surface area contributed by atoms with Crippen molar-refractivity contribution in [3.05, 3.63) is 85.1 Å². The molecule has 0 aromatic rings. The monoisotopic (exact) mass is 1150 g/mol. The van der Waals surface area contributed by atoms with Gasteiger partial charge in [-0.2, -0.15) is 0 Å². The topological polar surface area (TPSA) is 175 Å². The molecule has 11 heteroatoms. The minimum absolute atomic E-state index is 0.00776. The van der Waals surface area contributed by atoms with E-state index in [2.05, 4.69) is 79.1 Å². The number of carbonyl (C=O) groups is 2. The van der Waals surface area contributed by atoms with Crippen molar-refractivity contribution in [1.82, 2.24) is 5.32 Å². The van der Waals surface area contributed by atoms with Crippen LogP contribution >= 0.6 is 0 Å². The molecule has 6 N–H and O–H groups in total. The molecule has 0 aromatic carbocycles. The van der Waals surface area contributed by atoms with E-state index in [4.69, 9.17) is 14.2 Å². The lowest BCUT2D eigenvalue weighted by Gasteiger charge is -2.40. The van der Waals surface area contributed by atoms with Crippen molar-refractivity contribution < 1.29 is 49.3 Å². The van der Waals surface area contributed by atoms with Gasteiger partial charge in [-0.3, -0.25) is 9.59 Å². The maximum Gasteiger partial charge on any atom is 0.305 e. The first-order valence-corrected chi connectivity index (χ1v) is 33.8. The number of rotatable bonds is 58. The Morgan fingerprint density at radius 1 is 0.476 bits per heavy atom. The standard InChI is InChI=1S/C71H125NO10/c1-3-5-7-9-11-13-14-15-16-17-30-33-36-39-43-47-51-55-59-67(76)80-60-56-52-48-44-40-37-34-31-28-26-24-22-20-18-19-21-23-25-27-29-32-35-38-42-46-50-54-58-66(75)72-63(64(74)57-53-49-45-41-12-10-8-6-4-2)62-81-71-70(79)69(78)68(77)65(61-73)82-71/h4,6,12-14,16-19,22,24,41,53,57,63-65,68-71,73-74,77-79H,3,5,7-11,15,20-21,23,25-40,42-52,54-56,58-62H2,1-2H3,(H,72,75)/b6-4+,14-13-,17-16-,19-18-,24-22-,41-12+,57-53+. The van der Waals surface area contributed by atoms with Crippen LogP contribution in [0.5, 0.6) is 0 Å². The number of ether oxygens (including phenoxy) is 3. The molecule has 474 valence electrons. The van der Waals surface area contributed by atoms with Gasteiger partial charge in [-0.15, -0.1) is 0 Å². The predicted molar refractivity (Wildman–Crippen MR) is 342 cm³/mol. The third-order valence-corrected chi connectivity index (χ3v) is 15.5. The van der Waals surface area contributed by atoms with Gasteiger partial charge in [-0.25, -0.2) is 0 Å². The van der Waals surface area contributed by atoms with Gasteiger partial charge in [0.15, 0.2) is 6.29 Å². The van der Waals surface area contributed by atoms with Gasteiger partial charge in [0.2, 0.25) is 5.91 Å². The minimum Gasteiger partial charge on any atom is -0.466 e. The Balaban J connectivity index is 1.95. The van der Waals surface area contributed by atoms with Gasteiger partial charge >= 0.3 is 5.97 Å². The molecule has 82 heavy (non-hydrogen) atoms. The molecule has 0 spiro atoms. The summed E-state index contributed by atoms with van der Waals surface area (Å²) in [4.78, 5) is 25.1. The van der Waals surface area contributed by atoms with E-state index >= 15 is 0 Å². The minimum atomic E-state index is -1.58. The molecule has 0 aliphatic carbocycles. The molecule has 7 unspecified atom stereocenters. The number of aliphatic hydroxyl groups is 5. The van der Waals surface area contributed by atoms with Crippen LogP contribution in [0.2, 0.25) is 0 Å². The summed E-state index contributed by atoms with van der Waals surface area (Å²) in [6.45, 7) is 4.07. The first-order chi connectivity index (χ1) is 40.2. The molecule has 7 atom stereocenters. The highest BCUT2D eigenvalue weighted by molar-refractivity contribution is 5.76. The zero-order chi connectivity index (χ0) is 59.5. The zero-order valence-electron chi connectivity index (χ0n) is 52.4. The predicted octanol–water partition coefficient (Wildman–Crippen LogP) is 16.9. The largest absolute Gasteiger partial charge is 0.466 e. The Morgan fingerprint density at radius 2 is 0.878 bits per heavy atom. The van der Waals surface area contributed by atoms with E-state index in [9.17, 15) is 35.1 Å². The first-order valence-electron chi connectivity index (χ1n) is 33.8. The summed E-state index contributed by atoms with van der Waals surface area (Å²) in [6, 6.07) is -0.838. The van der Waals surface area contributed by atoms with E-state index in [1.807, 2.05) is 19.1 Å². The molecule has 1 rings (SSSR count). The molecule has 0 aromatic heterocycles. The lowest BCUT2D eigenvalue weighted by Crippen LogP contribution is -2.60. The van der Waals surface area contributed by atoms with Crippen LogP contribution in [0.25, 0.3) is 0 Å². The molecule has 1 heterocycles. The average Bonchev–Trinajstić information content (AvgIpc) is 3.48. The van der Waals surface area contributed by atoms with Crippen LogP contribution in [0, 0.1) is 0 Å². The highest BCUT2D eigenvalue weighted by atomic mass is 16.7. The van der Waals surface area contributed by atoms with Crippen molar-refractivity contribution in [3.63, 3.8) is 0 Å². The molecule has 1 fully saturated rings. The Kier molecular flexibility index (Phi) is 55.8. The van der Waals surface area contributed by atoms with Crippen molar-refractivity contribution in [2.45, 2.75) is 333 Å². The van der Waals surface area contributed by atoms with Gasteiger partial charge in [0.05, 0.1) is 32.0 Å². The maximum atomic E-state index is 13.0. The summed E-state index contributed by atoms with van der Waals surface area (Å²) in [5, 5.41) is 54.2. The van der Waals surface area contributed by atoms with Crippen LogP contribution in [0.4, 0.5) is 0 Å². The Hall–Kier alpha value is -3.16. The van der Waals surface area contributed by atoms with Crippen LogP contribution in [0.15, 0.2) is 85.1 Å². The van der Waals surface area contributed by atoms with E-state index in [-0.39, 0.29) is 18.5 Å². The van der Waals surface area contributed by atoms with E-state index < -0.39 is 49.5 Å². The second kappa shape index (κ2) is 59.6. The summed E-state index contributed by atoms with van der Waals surface area (Å²) < 4.78 is 16.7. The highest BCUT2D eigenvalue weighted by Gasteiger charge is 2.44. The Bertz CT molecular complexity index is 1640. The van der Waals surface area contributed by atoms with Gasteiger partial charge in [0, 0.05) is 12.8 Å². The van der Waals surface area contributed by atoms with E-state index in [1.165, 1.54) is 173 Å². The van der Waals surface area contributed by atoms with Crippen LogP contribution < -0.4 is 5.32 Å². The number of amides is 1. The lowest BCUT2D eigenvalue weighted by molar-refractivity contribution is -0.302. The third kappa shape index (κ3) is 48.1. The number of aliphatic hydroxyl groups excluding tert-OH is 5. The Labute approximate surface area is 502 Å². The second-order valence-corrected chi connectivity index (χ2v) is 23.2. The van der Waals surface area contributed by atoms with Crippen LogP contribution in [-0.4, -0.2) is 100 Å². The zero-order valence-corrected chi connectivity index (χ0v) is 52.4. The quantitative estimate of drug-likeness (QED) is 0.0195. The second-order valence-electron chi connectivity index (χ2n) is 23.2. The molecule has 1 aliphatic rings. The fraction of sp³-hybridized carbons (Fsp3) is 0.775. The number of carbonyl (C=O) groups excluding carboxylic acids is 2. The summed E-state index contributed by atoms with van der Waals surface area (Å²) in [7, 11) is 0. The van der Waals surface area contributed by atoms with Gasteiger partial charge in [0.1, 0.15) is 24.4 Å². The summed E-state index contributed by atoms with van der Waals surface area (Å²) in [5.74, 6) is -0.212. The smallest absolute Gasteiger partial charge is 0.305 e. The Morgan fingerprint density at radius 3 is 1.34 bits per heavy atom. The number of hydrogen-bond donors (Lipinski definition) is 6. The summed E-state index contributed by atoms with van der Waals surface area (Å²) in [6.07, 6.45) is 71.7. The molecule has 0 bridgehead atoms. The number of hydrogen-bond acceptors (Lipinski definition) is 10. The fourth-order valence-corrected chi connectivity index (χ4v) is 10.2. The van der Waals surface area contributed by atoms with Crippen molar-refractivity contribution >= 4 is 11.9 Å². The summed E-state index contributed by atoms with van der Waals surface area (Å²) in [5.41, 5.74) is 0. The first kappa shape index (κ1) is 76.9. The number of esters is 1. The van der Waals surface area contributed by atoms with Gasteiger partial charge in [0.25, 0.3) is 0 Å². The molecule has 0 radical (unpaired) electrons. The van der Waals surface area contributed by atoms with Crippen LogP contribution in [0.3, 0.4) is 0 Å². The SMILES string of the molecule is C/C=C/CC/C=C/CC/C=C/C(O)C(COC1OC(CO)C(O)C(O)C1O)NC(=O)CCCCCCCCCCCCC/C=C\C/C=C\CCCCCCCCCCCOC(=O)CCCCCCCCC/C=C\C/C=C\CCCCCC. The van der Waals surface area contributed by atoms with Crippen molar-refractivity contribution in [3.8, 4) is 0 Å². The fourth-order valence-electron chi connectivity index (χ4n) is 10.2. The van der Waals surface area contributed by atoms with Crippen molar-refractivity contribution in [2.75, 3.05) is 19.8 Å². The number of allylic oxidation sites excluding steroid dienone is 13. The molecule has 11 nitrogen and oxygen atoms in total. The van der Waals surface area contributed by atoms with E-state index in [0.717, 1.165) is 89.9 Å². The van der Waals surface area contributed by atoms with Gasteiger partial charge in [-0.1, -0.05) is 246 Å². The van der Waals surface area contributed by atoms with E-state index in [0.29, 0.717) is 19.4 Å². The molecule has 1 saturated heterocycles. The molecular weight excluding hydrogens is 1030 g/mol. The van der Waals surface area contributed by atoms with E-state index in [1.54, 1.807) is 6.08 Å². The van der Waals surface area contributed by atoms with Gasteiger partial charge < -0.3 is 45.1 Å². The molecule has 1 aliphatic heterocycles. The molecular formula is C71H125NO10. The number of nitrogens with one attached hydrogen (secondary N) is 1. The van der Waals surface area contributed by atoms with Crippen LogP contribution in [0.1, 0.15) is 290 Å². The summed E-state index contributed by atoms with van der Waals surface area (Å²) >= 11 is 0. The highest BCUT2D eigenvalue weighted by Crippen LogP contribution is 2.23. The third-order valence-electron chi connectivity index (χ3n) is 15.5. The van der Waals surface area contributed by atoms with Crippen LogP contribution in [-0.2, 0) is 23.8 Å². The lowest BCUT2D eigenvalue weighted by atomic mass is 9.99. The van der Waals surface area contributed by atoms with Crippen molar-refractivity contribution in [1.29, 1.82) is 0 Å². The normalized spacial score (nSPS) is 18.7. The number of unbranched alkanes of at least 4 members (excludes halogenated alkanes) is 33. The average molecular weight is 1150 g/mol. The van der Waals surface area contributed by atoms with Gasteiger partial charge in [-0.05, 0) is 116 Å². The molecule has 1 amide bonds. The molecule has 0 saturated carbocycles. The maximum absolute atomic E-state index is 13.0.